The number of imide groups is 2. The van der Waals surface area contributed by atoms with Gasteiger partial charge in [-0.1, -0.05) is 64.7 Å². The predicted octanol–water partition coefficient (Wildman–Crippen LogP) is 6.16. The molecule has 4 rings (SSSR count). The number of rotatable bonds is 5. The molecule has 178 valence electrons. The van der Waals surface area contributed by atoms with Crippen LogP contribution in [0.1, 0.15) is 27.8 Å². The fraction of sp³-hybridized carbons (Fsp3) is 0.148. The maximum absolute atomic E-state index is 13.2. The Morgan fingerprint density at radius 1 is 0.914 bits per heavy atom. The number of halogens is 2. The maximum atomic E-state index is 13.2. The first kappa shape index (κ1) is 24.5. The minimum Gasteiger partial charge on any atom is -0.487 e. The Hall–Kier alpha value is -3.61. The minimum absolute atomic E-state index is 0.205. The highest BCUT2D eigenvalue weighted by Gasteiger charge is 2.37. The Bertz CT molecular complexity index is 1380. The number of nitrogens with one attached hydrogen (secondary N) is 1. The number of carbonyl (C=O) groups is 3. The second kappa shape index (κ2) is 9.94. The van der Waals surface area contributed by atoms with Crippen LogP contribution in [-0.2, 0) is 16.2 Å². The van der Waals surface area contributed by atoms with Gasteiger partial charge in [0.2, 0.25) is 0 Å². The Balaban J connectivity index is 1.58. The third-order valence-corrected chi connectivity index (χ3v) is 6.23. The van der Waals surface area contributed by atoms with Crippen LogP contribution in [-0.4, -0.2) is 17.8 Å². The molecule has 1 aliphatic rings. The fourth-order valence-corrected chi connectivity index (χ4v) is 4.33. The van der Waals surface area contributed by atoms with Crippen LogP contribution in [0, 0.1) is 20.8 Å². The van der Waals surface area contributed by atoms with Gasteiger partial charge in [0.25, 0.3) is 11.8 Å². The molecule has 0 atom stereocenters. The van der Waals surface area contributed by atoms with Crippen LogP contribution in [0.25, 0.3) is 6.08 Å². The number of benzene rings is 3. The summed E-state index contributed by atoms with van der Waals surface area (Å²) in [6.07, 6.45) is 1.39. The summed E-state index contributed by atoms with van der Waals surface area (Å²) in [5.41, 5.74) is 4.45. The molecule has 35 heavy (non-hydrogen) atoms. The Labute approximate surface area is 213 Å². The first-order valence-electron chi connectivity index (χ1n) is 10.8. The molecule has 8 heteroatoms. The van der Waals surface area contributed by atoms with E-state index in [1.165, 1.54) is 6.08 Å². The third kappa shape index (κ3) is 5.24. The molecule has 0 aliphatic carbocycles. The average molecular weight is 509 g/mol. The van der Waals surface area contributed by atoms with Crippen molar-refractivity contribution in [3.05, 3.63) is 98.0 Å². The van der Waals surface area contributed by atoms with Gasteiger partial charge in [-0.25, -0.2) is 9.69 Å². The molecule has 1 heterocycles. The predicted molar refractivity (Wildman–Crippen MR) is 137 cm³/mol. The van der Waals surface area contributed by atoms with Crippen LogP contribution in [0.4, 0.5) is 10.5 Å². The summed E-state index contributed by atoms with van der Waals surface area (Å²) in [5, 5.41) is 2.93. The molecule has 1 aliphatic heterocycles. The van der Waals surface area contributed by atoms with Crippen molar-refractivity contribution in [2.75, 3.05) is 4.90 Å². The number of amides is 4. The molecule has 0 spiro atoms. The molecule has 1 fully saturated rings. The summed E-state index contributed by atoms with van der Waals surface area (Å²) in [7, 11) is 0. The second-order valence-electron chi connectivity index (χ2n) is 8.32. The topological polar surface area (TPSA) is 75.7 Å². The molecular formula is C27H22Cl2N2O4. The summed E-state index contributed by atoms with van der Waals surface area (Å²) >= 11 is 12.6. The standard InChI is InChI=1S/C27H22Cl2N2O4/c1-15-9-16(2)11-19(10-15)14-35-24-8-7-18(13-22(24)29)12-20-25(32)30-27(34)31(26(20)33)23-6-4-5-21(28)17(23)3/h4-13H,14H2,1-3H3,(H,30,32,34)/b20-12+. The molecular weight excluding hydrogens is 487 g/mol. The van der Waals surface area contributed by atoms with Gasteiger partial charge < -0.3 is 4.74 Å². The van der Waals surface area contributed by atoms with Crippen LogP contribution in [0.5, 0.6) is 5.75 Å². The number of ether oxygens (including phenoxy) is 1. The van der Waals surface area contributed by atoms with E-state index in [2.05, 4.69) is 11.4 Å². The molecule has 0 radical (unpaired) electrons. The van der Waals surface area contributed by atoms with Gasteiger partial charge in [-0.05, 0) is 67.8 Å². The van der Waals surface area contributed by atoms with Crippen molar-refractivity contribution < 1.29 is 19.1 Å². The van der Waals surface area contributed by atoms with E-state index < -0.39 is 17.8 Å². The summed E-state index contributed by atoms with van der Waals surface area (Å²) in [5.74, 6) is -1.07. The minimum atomic E-state index is -0.837. The number of barbiturate groups is 1. The van der Waals surface area contributed by atoms with Gasteiger partial charge in [-0.3, -0.25) is 14.9 Å². The first-order valence-corrected chi connectivity index (χ1v) is 11.6. The van der Waals surface area contributed by atoms with Crippen molar-refractivity contribution in [2.45, 2.75) is 27.4 Å². The molecule has 0 unspecified atom stereocenters. The van der Waals surface area contributed by atoms with Crippen LogP contribution >= 0.6 is 23.2 Å². The zero-order chi connectivity index (χ0) is 25.3. The van der Waals surface area contributed by atoms with Crippen molar-refractivity contribution >= 4 is 52.8 Å². The monoisotopic (exact) mass is 508 g/mol. The fourth-order valence-electron chi connectivity index (χ4n) is 3.92. The Morgan fingerprint density at radius 3 is 2.31 bits per heavy atom. The molecule has 6 nitrogen and oxygen atoms in total. The zero-order valence-corrected chi connectivity index (χ0v) is 20.8. The molecule has 3 aromatic rings. The number of hydrogen-bond acceptors (Lipinski definition) is 4. The molecule has 0 bridgehead atoms. The van der Waals surface area contributed by atoms with Crippen LogP contribution in [0.3, 0.4) is 0 Å². The lowest BCUT2D eigenvalue weighted by Gasteiger charge is -2.27. The molecule has 1 N–H and O–H groups in total. The number of urea groups is 1. The van der Waals surface area contributed by atoms with Crippen molar-refractivity contribution in [2.24, 2.45) is 0 Å². The number of nitrogens with zero attached hydrogens (tertiary/aromatic N) is 1. The summed E-state index contributed by atoms with van der Waals surface area (Å²) in [6.45, 7) is 6.09. The number of anilines is 1. The Kier molecular flexibility index (Phi) is 6.96. The highest BCUT2D eigenvalue weighted by atomic mass is 35.5. The van der Waals surface area contributed by atoms with E-state index in [1.54, 1.807) is 43.3 Å². The van der Waals surface area contributed by atoms with E-state index in [-0.39, 0.29) is 5.57 Å². The van der Waals surface area contributed by atoms with Crippen molar-refractivity contribution in [3.8, 4) is 5.75 Å². The molecule has 0 aromatic heterocycles. The van der Waals surface area contributed by atoms with Crippen molar-refractivity contribution in [1.82, 2.24) is 5.32 Å². The van der Waals surface area contributed by atoms with E-state index >= 15 is 0 Å². The molecule has 1 saturated heterocycles. The van der Waals surface area contributed by atoms with E-state index in [9.17, 15) is 14.4 Å². The molecule has 4 amide bonds. The number of carbonyl (C=O) groups excluding carboxylic acids is 3. The maximum Gasteiger partial charge on any atom is 0.335 e. The van der Waals surface area contributed by atoms with Crippen LogP contribution < -0.4 is 15.0 Å². The van der Waals surface area contributed by atoms with E-state index in [0.29, 0.717) is 39.2 Å². The van der Waals surface area contributed by atoms with Crippen molar-refractivity contribution in [3.63, 3.8) is 0 Å². The third-order valence-electron chi connectivity index (χ3n) is 5.52. The normalized spacial score (nSPS) is 14.9. The highest BCUT2D eigenvalue weighted by molar-refractivity contribution is 6.40. The van der Waals surface area contributed by atoms with E-state index in [0.717, 1.165) is 21.6 Å². The van der Waals surface area contributed by atoms with Crippen molar-refractivity contribution in [1.29, 1.82) is 0 Å². The summed E-state index contributed by atoms with van der Waals surface area (Å²) < 4.78 is 5.87. The lowest BCUT2D eigenvalue weighted by atomic mass is 10.1. The smallest absolute Gasteiger partial charge is 0.335 e. The second-order valence-corrected chi connectivity index (χ2v) is 9.13. The molecule has 0 saturated carbocycles. The average Bonchev–Trinajstić information content (AvgIpc) is 2.78. The van der Waals surface area contributed by atoms with E-state index in [1.807, 2.05) is 26.0 Å². The lowest BCUT2D eigenvalue weighted by Crippen LogP contribution is -2.54. The number of hydrogen-bond donors (Lipinski definition) is 1. The summed E-state index contributed by atoms with van der Waals surface area (Å²) in [6, 6.07) is 15.2. The number of aryl methyl sites for hydroxylation is 2. The van der Waals surface area contributed by atoms with Gasteiger partial charge in [-0.15, -0.1) is 0 Å². The molecule has 3 aromatic carbocycles. The lowest BCUT2D eigenvalue weighted by molar-refractivity contribution is -0.122. The Morgan fingerprint density at radius 2 is 1.63 bits per heavy atom. The van der Waals surface area contributed by atoms with Gasteiger partial charge in [0, 0.05) is 5.02 Å². The summed E-state index contributed by atoms with van der Waals surface area (Å²) in [4.78, 5) is 39.0. The highest BCUT2D eigenvalue weighted by Crippen LogP contribution is 2.31. The van der Waals surface area contributed by atoms with Gasteiger partial charge in [0.15, 0.2) is 0 Å². The quantitative estimate of drug-likeness (QED) is 0.330. The van der Waals surface area contributed by atoms with Crippen LogP contribution in [0.15, 0.2) is 60.2 Å². The van der Waals surface area contributed by atoms with Gasteiger partial charge in [0.05, 0.1) is 10.7 Å². The van der Waals surface area contributed by atoms with E-state index in [4.69, 9.17) is 27.9 Å². The van der Waals surface area contributed by atoms with Gasteiger partial charge in [-0.2, -0.15) is 0 Å². The largest absolute Gasteiger partial charge is 0.487 e. The SMILES string of the molecule is Cc1cc(C)cc(COc2ccc(/C=C3\C(=O)NC(=O)N(c4cccc(Cl)c4C)C3=O)cc2Cl)c1. The first-order chi connectivity index (χ1) is 16.6. The zero-order valence-electron chi connectivity index (χ0n) is 19.3. The van der Waals surface area contributed by atoms with Gasteiger partial charge in [0.1, 0.15) is 17.9 Å². The van der Waals surface area contributed by atoms with Gasteiger partial charge >= 0.3 is 6.03 Å². The van der Waals surface area contributed by atoms with Crippen LogP contribution in [0.2, 0.25) is 10.0 Å².